The molecule has 0 atom stereocenters. The number of aryl methyl sites for hydroxylation is 1. The van der Waals surface area contributed by atoms with E-state index >= 15 is 0 Å². The molecule has 1 aromatic carbocycles. The van der Waals surface area contributed by atoms with Crippen LogP contribution in [0, 0.1) is 13.8 Å². The minimum absolute atomic E-state index is 1.04. The van der Waals surface area contributed by atoms with Gasteiger partial charge in [0.15, 0.2) is 0 Å². The van der Waals surface area contributed by atoms with Gasteiger partial charge in [0.05, 0.1) is 0 Å². The third kappa shape index (κ3) is 1.55. The molecule has 1 radical (unpaired) electrons. The van der Waals surface area contributed by atoms with E-state index in [4.69, 9.17) is 0 Å². The zero-order valence-electron chi connectivity index (χ0n) is 5.32. The van der Waals surface area contributed by atoms with Crippen molar-refractivity contribution in [1.29, 1.82) is 0 Å². The highest BCUT2D eigenvalue weighted by Crippen LogP contribution is 2.16. The van der Waals surface area contributed by atoms with Crippen molar-refractivity contribution in [1.82, 2.24) is 0 Å². The zero-order chi connectivity index (χ0) is 6.85. The maximum absolute atomic E-state index is 3.81. The Bertz CT molecular complexity index is 216. The molecule has 0 saturated heterocycles. The summed E-state index contributed by atoms with van der Waals surface area (Å²) in [5, 5.41) is 0. The number of halogens is 1. The molecule has 0 saturated carbocycles. The lowest BCUT2D eigenvalue weighted by atomic mass is 10.2. The minimum atomic E-state index is 1.04. The van der Waals surface area contributed by atoms with E-state index in [1.807, 2.05) is 12.1 Å². The monoisotopic (exact) mass is 183 g/mol. The second-order valence-electron chi connectivity index (χ2n) is 2.09. The van der Waals surface area contributed by atoms with Crippen molar-refractivity contribution in [2.24, 2.45) is 0 Å². The first-order valence-corrected chi connectivity index (χ1v) is 3.57. The van der Waals surface area contributed by atoms with Gasteiger partial charge in [-0.05, 0) is 31.0 Å². The summed E-state index contributed by atoms with van der Waals surface area (Å²) >= 11 is 3.38. The lowest BCUT2D eigenvalue weighted by Gasteiger charge is -1.96. The number of benzene rings is 1. The van der Waals surface area contributed by atoms with Crippen LogP contribution in [0.15, 0.2) is 22.7 Å². The fourth-order valence-corrected chi connectivity index (χ4v) is 1.15. The summed E-state index contributed by atoms with van der Waals surface area (Å²) in [4.78, 5) is 0. The van der Waals surface area contributed by atoms with Crippen LogP contribution in [-0.2, 0) is 0 Å². The first kappa shape index (κ1) is 6.81. The highest BCUT2D eigenvalue weighted by atomic mass is 79.9. The van der Waals surface area contributed by atoms with Gasteiger partial charge in [0.1, 0.15) is 0 Å². The van der Waals surface area contributed by atoms with Crippen LogP contribution in [0.1, 0.15) is 11.1 Å². The second kappa shape index (κ2) is 2.53. The molecule has 0 aliphatic rings. The summed E-state index contributed by atoms with van der Waals surface area (Å²) in [6.45, 7) is 5.87. The molecule has 0 amide bonds. The maximum atomic E-state index is 3.81. The zero-order valence-corrected chi connectivity index (χ0v) is 6.90. The van der Waals surface area contributed by atoms with E-state index in [1.165, 1.54) is 5.56 Å². The van der Waals surface area contributed by atoms with Crippen molar-refractivity contribution in [2.75, 3.05) is 0 Å². The molecule has 9 heavy (non-hydrogen) atoms. The number of hydrogen-bond donors (Lipinski definition) is 0. The fraction of sp³-hybridized carbons (Fsp3) is 0.125. The van der Waals surface area contributed by atoms with Crippen LogP contribution >= 0.6 is 15.9 Å². The Hall–Kier alpha value is -0.300. The van der Waals surface area contributed by atoms with Gasteiger partial charge in [0.2, 0.25) is 0 Å². The molecule has 0 aromatic heterocycles. The normalized spacial score (nSPS) is 9.67. The standard InChI is InChI=1S/C8H8Br/c1-6-3-4-7(2)8(9)5-6/h3-5H,2H2,1H3. The van der Waals surface area contributed by atoms with Gasteiger partial charge in [-0.25, -0.2) is 0 Å². The van der Waals surface area contributed by atoms with Crippen LogP contribution < -0.4 is 0 Å². The van der Waals surface area contributed by atoms with E-state index in [9.17, 15) is 0 Å². The first-order chi connectivity index (χ1) is 4.20. The van der Waals surface area contributed by atoms with Crippen molar-refractivity contribution < 1.29 is 0 Å². The Morgan fingerprint density at radius 1 is 1.44 bits per heavy atom. The summed E-state index contributed by atoms with van der Waals surface area (Å²) < 4.78 is 1.09. The Morgan fingerprint density at radius 3 is 2.56 bits per heavy atom. The van der Waals surface area contributed by atoms with Crippen LogP contribution in [0.3, 0.4) is 0 Å². The highest BCUT2D eigenvalue weighted by molar-refractivity contribution is 9.10. The second-order valence-corrected chi connectivity index (χ2v) is 2.95. The van der Waals surface area contributed by atoms with Crippen LogP contribution in [0.25, 0.3) is 0 Å². The molecule has 0 spiro atoms. The molecule has 0 aliphatic carbocycles. The number of hydrogen-bond acceptors (Lipinski definition) is 0. The molecular formula is C8H8Br. The predicted octanol–water partition coefficient (Wildman–Crippen LogP) is 2.94. The van der Waals surface area contributed by atoms with E-state index in [2.05, 4.69) is 35.8 Å². The van der Waals surface area contributed by atoms with E-state index in [-0.39, 0.29) is 0 Å². The van der Waals surface area contributed by atoms with E-state index in [0.717, 1.165) is 10.0 Å². The van der Waals surface area contributed by atoms with Gasteiger partial charge >= 0.3 is 0 Å². The molecule has 0 unspecified atom stereocenters. The molecule has 0 bridgehead atoms. The third-order valence-electron chi connectivity index (χ3n) is 1.21. The largest absolute Gasteiger partial charge is 0.0590 e. The van der Waals surface area contributed by atoms with Crippen LogP contribution in [-0.4, -0.2) is 0 Å². The Labute approximate surface area is 64.0 Å². The first-order valence-electron chi connectivity index (χ1n) is 2.78. The Kier molecular flexibility index (Phi) is 1.91. The van der Waals surface area contributed by atoms with Gasteiger partial charge in [-0.15, -0.1) is 0 Å². The molecule has 0 fully saturated rings. The summed E-state index contributed by atoms with van der Waals surface area (Å²) in [5.41, 5.74) is 2.30. The SMILES string of the molecule is [CH2]c1ccc(C)cc1Br. The van der Waals surface area contributed by atoms with Gasteiger partial charge in [-0.3, -0.25) is 0 Å². The predicted molar refractivity (Wildman–Crippen MR) is 43.3 cm³/mol. The van der Waals surface area contributed by atoms with Gasteiger partial charge in [0.25, 0.3) is 0 Å². The molecular weight excluding hydrogens is 176 g/mol. The van der Waals surface area contributed by atoms with Crippen LogP contribution in [0.5, 0.6) is 0 Å². The smallest absolute Gasteiger partial charge is 0.0210 e. The lowest BCUT2D eigenvalue weighted by molar-refractivity contribution is 1.42. The maximum Gasteiger partial charge on any atom is 0.0210 e. The van der Waals surface area contributed by atoms with Crippen molar-refractivity contribution >= 4 is 15.9 Å². The Morgan fingerprint density at radius 2 is 2.11 bits per heavy atom. The molecule has 1 heteroatoms. The summed E-state index contributed by atoms with van der Waals surface area (Å²) in [6, 6.07) is 6.11. The van der Waals surface area contributed by atoms with Gasteiger partial charge < -0.3 is 0 Å². The average molecular weight is 184 g/mol. The molecule has 47 valence electrons. The van der Waals surface area contributed by atoms with Gasteiger partial charge in [-0.2, -0.15) is 0 Å². The third-order valence-corrected chi connectivity index (χ3v) is 1.95. The fourth-order valence-electron chi connectivity index (χ4n) is 0.652. The quantitative estimate of drug-likeness (QED) is 0.581. The average Bonchev–Trinajstić information content (AvgIpc) is 1.80. The molecule has 0 N–H and O–H groups in total. The lowest BCUT2D eigenvalue weighted by Crippen LogP contribution is -1.75. The number of rotatable bonds is 0. The van der Waals surface area contributed by atoms with E-state index in [1.54, 1.807) is 0 Å². The van der Waals surface area contributed by atoms with Crippen LogP contribution in [0.2, 0.25) is 0 Å². The summed E-state index contributed by atoms with van der Waals surface area (Å²) in [7, 11) is 0. The highest BCUT2D eigenvalue weighted by Gasteiger charge is 1.91. The van der Waals surface area contributed by atoms with E-state index < -0.39 is 0 Å². The summed E-state index contributed by atoms with van der Waals surface area (Å²) in [5.74, 6) is 0. The van der Waals surface area contributed by atoms with Crippen molar-refractivity contribution in [3.05, 3.63) is 40.7 Å². The molecule has 1 rings (SSSR count). The van der Waals surface area contributed by atoms with Gasteiger partial charge in [0, 0.05) is 4.47 Å². The van der Waals surface area contributed by atoms with E-state index in [0.29, 0.717) is 0 Å². The molecule has 0 aliphatic heterocycles. The minimum Gasteiger partial charge on any atom is -0.0590 e. The van der Waals surface area contributed by atoms with Crippen molar-refractivity contribution in [3.8, 4) is 0 Å². The summed E-state index contributed by atoms with van der Waals surface area (Å²) in [6.07, 6.45) is 0. The van der Waals surface area contributed by atoms with Crippen molar-refractivity contribution in [3.63, 3.8) is 0 Å². The molecule has 0 nitrogen and oxygen atoms in total. The molecule has 1 aromatic rings. The van der Waals surface area contributed by atoms with Crippen LogP contribution in [0.4, 0.5) is 0 Å². The van der Waals surface area contributed by atoms with Crippen molar-refractivity contribution in [2.45, 2.75) is 6.92 Å². The Balaban J connectivity index is 3.17. The molecule has 0 heterocycles. The van der Waals surface area contributed by atoms with Gasteiger partial charge in [-0.1, -0.05) is 28.1 Å². The topological polar surface area (TPSA) is 0 Å².